The van der Waals surface area contributed by atoms with Crippen molar-refractivity contribution in [1.29, 1.82) is 0 Å². The Labute approximate surface area is 101 Å². The molecular weight excluding hydrogens is 245 g/mol. The van der Waals surface area contributed by atoms with Gasteiger partial charge in [-0.15, -0.1) is 0 Å². The van der Waals surface area contributed by atoms with Gasteiger partial charge in [-0.25, -0.2) is 0 Å². The fourth-order valence-electron chi connectivity index (χ4n) is 1.56. The maximum atomic E-state index is 12.0. The molecule has 2 aromatic rings. The van der Waals surface area contributed by atoms with Gasteiger partial charge in [-0.1, -0.05) is 0 Å². The van der Waals surface area contributed by atoms with E-state index in [1.165, 1.54) is 6.07 Å². The number of hydrogen-bond acceptors (Lipinski definition) is 3. The first-order chi connectivity index (χ1) is 8.47. The number of nitrogens with zero attached hydrogens (tertiary/aromatic N) is 1. The van der Waals surface area contributed by atoms with Crippen molar-refractivity contribution in [3.05, 3.63) is 30.5 Å². The minimum absolute atomic E-state index is 0.250. The van der Waals surface area contributed by atoms with Gasteiger partial charge in [0.1, 0.15) is 5.75 Å². The molecule has 1 aromatic heterocycles. The molecule has 0 radical (unpaired) electrons. The smallest absolute Gasteiger partial charge is 0.392 e. The molecule has 0 aliphatic carbocycles. The fraction of sp³-hybridized carbons (Fsp3) is 0.250. The molecule has 0 fully saturated rings. The first kappa shape index (κ1) is 12.5. The predicted octanol–water partition coefficient (Wildman–Crippen LogP) is 3.15. The highest BCUT2D eigenvalue weighted by atomic mass is 19.4. The number of alkyl halides is 3. The molecule has 0 atom stereocenters. The summed E-state index contributed by atoms with van der Waals surface area (Å²) in [5.74, 6) is 0.250. The van der Waals surface area contributed by atoms with Crippen LogP contribution >= 0.6 is 0 Å². The van der Waals surface area contributed by atoms with E-state index in [0.29, 0.717) is 16.6 Å². The van der Waals surface area contributed by atoms with Crippen LogP contribution in [0.15, 0.2) is 30.5 Å². The number of nitrogen functional groups attached to an aromatic ring is 1. The summed E-state index contributed by atoms with van der Waals surface area (Å²) in [6.07, 6.45) is -3.61. The van der Waals surface area contributed by atoms with E-state index in [0.717, 1.165) is 0 Å². The molecule has 2 rings (SSSR count). The Hall–Kier alpha value is -1.98. The van der Waals surface area contributed by atoms with Crippen LogP contribution in [0.5, 0.6) is 5.75 Å². The number of pyridine rings is 1. The lowest BCUT2D eigenvalue weighted by molar-refractivity contribution is -0.139. The second-order valence-corrected chi connectivity index (χ2v) is 3.76. The van der Waals surface area contributed by atoms with Crippen molar-refractivity contribution < 1.29 is 17.9 Å². The van der Waals surface area contributed by atoms with E-state index in [2.05, 4.69) is 4.98 Å². The van der Waals surface area contributed by atoms with Crippen molar-refractivity contribution in [2.75, 3.05) is 12.3 Å². The normalized spacial score (nSPS) is 11.7. The summed E-state index contributed by atoms with van der Waals surface area (Å²) >= 11 is 0. The van der Waals surface area contributed by atoms with Gasteiger partial charge >= 0.3 is 6.18 Å². The summed E-state index contributed by atoms with van der Waals surface area (Å²) in [6.45, 7) is -0.445. The number of ether oxygens (including phenoxy) is 1. The summed E-state index contributed by atoms with van der Waals surface area (Å²) in [4.78, 5) is 4.09. The van der Waals surface area contributed by atoms with Crippen LogP contribution in [-0.2, 0) is 0 Å². The highest BCUT2D eigenvalue weighted by molar-refractivity contribution is 5.93. The van der Waals surface area contributed by atoms with Crippen molar-refractivity contribution in [2.45, 2.75) is 12.6 Å². The van der Waals surface area contributed by atoms with E-state index in [4.69, 9.17) is 10.5 Å². The molecule has 0 saturated heterocycles. The third kappa shape index (κ3) is 2.82. The zero-order valence-electron chi connectivity index (χ0n) is 9.37. The number of aromatic nitrogens is 1. The molecule has 0 aliphatic rings. The van der Waals surface area contributed by atoms with Crippen molar-refractivity contribution >= 4 is 16.6 Å². The zero-order valence-corrected chi connectivity index (χ0v) is 9.37. The molecule has 0 spiro atoms. The summed E-state index contributed by atoms with van der Waals surface area (Å²) in [5, 5.41) is 0.669. The van der Waals surface area contributed by atoms with Gasteiger partial charge < -0.3 is 10.5 Å². The fourth-order valence-corrected chi connectivity index (χ4v) is 1.56. The molecule has 0 saturated carbocycles. The molecule has 1 aromatic carbocycles. The van der Waals surface area contributed by atoms with Gasteiger partial charge in [0.15, 0.2) is 0 Å². The highest BCUT2D eigenvalue weighted by Gasteiger charge is 2.27. The molecular formula is C12H11F3N2O. The molecule has 6 heteroatoms. The van der Waals surface area contributed by atoms with E-state index in [-0.39, 0.29) is 5.75 Å². The third-order valence-electron chi connectivity index (χ3n) is 2.43. The first-order valence-corrected chi connectivity index (χ1v) is 5.30. The third-order valence-corrected chi connectivity index (χ3v) is 2.43. The number of anilines is 1. The van der Waals surface area contributed by atoms with Gasteiger partial charge in [-0.3, -0.25) is 4.98 Å². The monoisotopic (exact) mass is 256 g/mol. The number of rotatable bonds is 3. The van der Waals surface area contributed by atoms with Gasteiger partial charge in [-0.2, -0.15) is 13.2 Å². The summed E-state index contributed by atoms with van der Waals surface area (Å²) in [5.41, 5.74) is 6.81. The Morgan fingerprint density at radius 3 is 2.72 bits per heavy atom. The SMILES string of the molecule is Nc1c(OCCC(F)(F)F)ccc2ncccc12. The summed E-state index contributed by atoms with van der Waals surface area (Å²) in [6, 6.07) is 6.64. The molecule has 1 heterocycles. The molecule has 0 bridgehead atoms. The topological polar surface area (TPSA) is 48.1 Å². The maximum absolute atomic E-state index is 12.0. The number of halogens is 3. The average Bonchev–Trinajstić information content (AvgIpc) is 2.31. The summed E-state index contributed by atoms with van der Waals surface area (Å²) < 4.78 is 41.0. The van der Waals surface area contributed by atoms with Crippen LogP contribution in [0.2, 0.25) is 0 Å². The molecule has 18 heavy (non-hydrogen) atoms. The Bertz CT molecular complexity index is 555. The highest BCUT2D eigenvalue weighted by Crippen LogP contribution is 2.30. The average molecular weight is 256 g/mol. The first-order valence-electron chi connectivity index (χ1n) is 5.30. The van der Waals surface area contributed by atoms with Crippen molar-refractivity contribution in [1.82, 2.24) is 4.98 Å². The van der Waals surface area contributed by atoms with Crippen LogP contribution in [-0.4, -0.2) is 17.8 Å². The second-order valence-electron chi connectivity index (χ2n) is 3.76. The zero-order chi connectivity index (χ0) is 13.2. The van der Waals surface area contributed by atoms with Crippen LogP contribution in [0.25, 0.3) is 10.9 Å². The predicted molar refractivity (Wildman–Crippen MR) is 62.3 cm³/mol. The summed E-state index contributed by atoms with van der Waals surface area (Å²) in [7, 11) is 0. The van der Waals surface area contributed by atoms with Crippen molar-refractivity contribution in [3.8, 4) is 5.75 Å². The van der Waals surface area contributed by atoms with Gasteiger partial charge in [0.05, 0.1) is 24.2 Å². The van der Waals surface area contributed by atoms with E-state index >= 15 is 0 Å². The Morgan fingerprint density at radius 1 is 1.22 bits per heavy atom. The Balaban J connectivity index is 2.17. The van der Waals surface area contributed by atoms with Crippen molar-refractivity contribution in [2.24, 2.45) is 0 Å². The minimum atomic E-state index is -4.23. The van der Waals surface area contributed by atoms with Crippen LogP contribution in [0.4, 0.5) is 18.9 Å². The Morgan fingerprint density at radius 2 is 2.00 bits per heavy atom. The van der Waals surface area contributed by atoms with Crippen molar-refractivity contribution in [3.63, 3.8) is 0 Å². The standard InChI is InChI=1S/C12H11F3N2O/c13-12(14,15)5-7-18-10-4-3-9-8(11(10)16)2-1-6-17-9/h1-4,6H,5,7,16H2. The lowest BCUT2D eigenvalue weighted by Gasteiger charge is -2.11. The Kier molecular flexibility index (Phi) is 3.27. The van der Waals surface area contributed by atoms with Crippen LogP contribution in [0.3, 0.4) is 0 Å². The van der Waals surface area contributed by atoms with Gasteiger partial charge in [0.2, 0.25) is 0 Å². The van der Waals surface area contributed by atoms with E-state index in [1.807, 2.05) is 0 Å². The largest absolute Gasteiger partial charge is 0.491 e. The number of fused-ring (bicyclic) bond motifs is 1. The lowest BCUT2D eigenvalue weighted by atomic mass is 10.1. The van der Waals surface area contributed by atoms with E-state index in [1.54, 1.807) is 24.4 Å². The number of benzene rings is 1. The van der Waals surface area contributed by atoms with Gasteiger partial charge in [0, 0.05) is 11.6 Å². The molecule has 3 nitrogen and oxygen atoms in total. The van der Waals surface area contributed by atoms with E-state index in [9.17, 15) is 13.2 Å². The number of nitrogens with two attached hydrogens (primary N) is 1. The van der Waals surface area contributed by atoms with Gasteiger partial charge in [-0.05, 0) is 24.3 Å². The van der Waals surface area contributed by atoms with Crippen LogP contribution in [0, 0.1) is 0 Å². The lowest BCUT2D eigenvalue weighted by Crippen LogP contribution is -2.13. The molecule has 2 N–H and O–H groups in total. The number of hydrogen-bond donors (Lipinski definition) is 1. The van der Waals surface area contributed by atoms with E-state index < -0.39 is 19.2 Å². The van der Waals surface area contributed by atoms with Crippen LogP contribution < -0.4 is 10.5 Å². The molecule has 0 amide bonds. The quantitative estimate of drug-likeness (QED) is 0.858. The molecule has 0 aliphatic heterocycles. The van der Waals surface area contributed by atoms with Crippen LogP contribution in [0.1, 0.15) is 6.42 Å². The second kappa shape index (κ2) is 4.72. The minimum Gasteiger partial charge on any atom is -0.491 e. The molecule has 96 valence electrons. The maximum Gasteiger partial charge on any atom is 0.392 e. The molecule has 0 unspecified atom stereocenters. The van der Waals surface area contributed by atoms with Gasteiger partial charge in [0.25, 0.3) is 0 Å².